The largest absolute Gasteiger partial charge is 0.480 e. The second-order valence-electron chi connectivity index (χ2n) is 6.39. The second-order valence-corrected chi connectivity index (χ2v) is 7.53. The molecule has 1 aromatic heterocycles. The number of pyridine rings is 1. The van der Waals surface area contributed by atoms with Gasteiger partial charge in [0.05, 0.1) is 16.6 Å². The van der Waals surface area contributed by atoms with Crippen LogP contribution >= 0.6 is 11.8 Å². The molecule has 1 fully saturated rings. The van der Waals surface area contributed by atoms with E-state index in [9.17, 15) is 18.0 Å². The molecule has 0 saturated carbocycles. The van der Waals surface area contributed by atoms with Crippen molar-refractivity contribution in [2.24, 2.45) is 0 Å². The number of benzene rings is 1. The van der Waals surface area contributed by atoms with Crippen LogP contribution in [0.3, 0.4) is 0 Å². The van der Waals surface area contributed by atoms with Crippen molar-refractivity contribution in [2.45, 2.75) is 17.6 Å². The minimum atomic E-state index is -4.47. The Morgan fingerprint density at radius 2 is 2.04 bits per heavy atom. The summed E-state index contributed by atoms with van der Waals surface area (Å²) < 4.78 is 39.8. The summed E-state index contributed by atoms with van der Waals surface area (Å²) in [6.07, 6.45) is -4.47. The van der Waals surface area contributed by atoms with Crippen LogP contribution in [0.25, 0.3) is 11.3 Å². The summed E-state index contributed by atoms with van der Waals surface area (Å²) in [4.78, 5) is 17.0. The zero-order chi connectivity index (χ0) is 19.8. The Labute approximate surface area is 158 Å². The molecule has 0 spiro atoms. The molecule has 1 aromatic carbocycles. The Hall–Kier alpha value is -2.26. The van der Waals surface area contributed by atoms with Gasteiger partial charge in [-0.1, -0.05) is 18.2 Å². The Morgan fingerprint density at radius 3 is 2.63 bits per heavy atom. The molecule has 0 unspecified atom stereocenters. The van der Waals surface area contributed by atoms with E-state index in [0.29, 0.717) is 11.3 Å². The number of aromatic nitrogens is 1. The molecule has 1 saturated heterocycles. The molecule has 2 heterocycles. The molecule has 27 heavy (non-hydrogen) atoms. The number of aliphatic carboxylic acids is 1. The average Bonchev–Trinajstić information content (AvgIpc) is 3.11. The van der Waals surface area contributed by atoms with Crippen molar-refractivity contribution in [1.82, 2.24) is 10.3 Å². The van der Waals surface area contributed by atoms with Crippen LogP contribution < -0.4 is 10.2 Å². The molecule has 1 aliphatic rings. The topological polar surface area (TPSA) is 65.5 Å². The van der Waals surface area contributed by atoms with E-state index in [1.165, 1.54) is 16.7 Å². The third-order valence-electron chi connectivity index (χ3n) is 4.16. The zero-order valence-electron chi connectivity index (χ0n) is 14.6. The van der Waals surface area contributed by atoms with Gasteiger partial charge in [-0.15, -0.1) is 11.8 Å². The van der Waals surface area contributed by atoms with Gasteiger partial charge >= 0.3 is 12.1 Å². The van der Waals surface area contributed by atoms with E-state index in [2.05, 4.69) is 10.3 Å². The van der Waals surface area contributed by atoms with Crippen LogP contribution in [0, 0.1) is 0 Å². The number of hydrogen-bond acceptors (Lipinski definition) is 5. The van der Waals surface area contributed by atoms with E-state index < -0.39 is 23.8 Å². The maximum atomic E-state index is 13.3. The van der Waals surface area contributed by atoms with Crippen molar-refractivity contribution in [1.29, 1.82) is 0 Å². The first-order valence-corrected chi connectivity index (χ1v) is 9.17. The smallest absolute Gasteiger partial charge is 0.416 e. The van der Waals surface area contributed by atoms with Crippen molar-refractivity contribution >= 4 is 23.5 Å². The first-order valence-electron chi connectivity index (χ1n) is 8.12. The van der Waals surface area contributed by atoms with E-state index in [0.717, 1.165) is 17.7 Å². The summed E-state index contributed by atoms with van der Waals surface area (Å²) in [7, 11) is 3.27. The number of thioether (sulfide) groups is 1. The maximum Gasteiger partial charge on any atom is 0.416 e. The van der Waals surface area contributed by atoms with E-state index in [1.54, 1.807) is 32.3 Å². The molecule has 0 amide bonds. The highest BCUT2D eigenvalue weighted by molar-refractivity contribution is 7.99. The SMILES string of the molecule is CN(C)c1cc(C(F)(F)F)cc(-c2cccc([C@H]3N[C@@H](C(=O)O)CS3)c2)n1. The number of nitrogens with one attached hydrogen (secondary N) is 1. The minimum Gasteiger partial charge on any atom is -0.480 e. The van der Waals surface area contributed by atoms with Gasteiger partial charge in [0.2, 0.25) is 0 Å². The first kappa shape index (κ1) is 19.5. The molecule has 0 radical (unpaired) electrons. The third-order valence-corrected chi connectivity index (χ3v) is 5.43. The van der Waals surface area contributed by atoms with Crippen molar-refractivity contribution < 1.29 is 23.1 Å². The van der Waals surface area contributed by atoms with Crippen molar-refractivity contribution in [3.05, 3.63) is 47.5 Å². The Kier molecular flexibility index (Phi) is 5.34. The molecule has 3 rings (SSSR count). The molecule has 2 N–H and O–H groups in total. The highest BCUT2D eigenvalue weighted by atomic mass is 32.2. The van der Waals surface area contributed by atoms with Crippen LogP contribution in [0.1, 0.15) is 16.5 Å². The Morgan fingerprint density at radius 1 is 1.30 bits per heavy atom. The summed E-state index contributed by atoms with van der Waals surface area (Å²) in [5, 5.41) is 11.9. The zero-order valence-corrected chi connectivity index (χ0v) is 15.4. The van der Waals surface area contributed by atoms with Gasteiger partial charge in [0.15, 0.2) is 0 Å². The number of hydrogen-bond donors (Lipinski definition) is 2. The van der Waals surface area contributed by atoms with Crippen molar-refractivity contribution in [3.8, 4) is 11.3 Å². The highest BCUT2D eigenvalue weighted by Crippen LogP contribution is 2.36. The van der Waals surface area contributed by atoms with Crippen LogP contribution in [0.15, 0.2) is 36.4 Å². The molecule has 1 aliphatic heterocycles. The molecule has 2 atom stereocenters. The molecule has 9 heteroatoms. The lowest BCUT2D eigenvalue weighted by Gasteiger charge is -2.17. The van der Waals surface area contributed by atoms with Gasteiger partial charge in [0.25, 0.3) is 0 Å². The van der Waals surface area contributed by atoms with Crippen LogP contribution in [0.4, 0.5) is 19.0 Å². The number of carbonyl (C=O) groups is 1. The number of halogens is 3. The number of carboxylic acid groups (broad SMARTS) is 1. The van der Waals surface area contributed by atoms with Crippen LogP contribution in [0.5, 0.6) is 0 Å². The predicted octanol–water partition coefficient (Wildman–Crippen LogP) is 3.62. The number of alkyl halides is 3. The Balaban J connectivity index is 1.97. The quantitative estimate of drug-likeness (QED) is 0.822. The number of rotatable bonds is 4. The maximum absolute atomic E-state index is 13.3. The summed E-state index contributed by atoms with van der Waals surface area (Å²) in [5.41, 5.74) is 0.795. The number of carboxylic acids is 1. The van der Waals surface area contributed by atoms with E-state index in [1.807, 2.05) is 6.07 Å². The molecule has 0 bridgehead atoms. The summed E-state index contributed by atoms with van der Waals surface area (Å²) in [5.74, 6) is -0.280. The van der Waals surface area contributed by atoms with Gasteiger partial charge < -0.3 is 10.0 Å². The lowest BCUT2D eigenvalue weighted by molar-refractivity contribution is -0.139. The van der Waals surface area contributed by atoms with Crippen LogP contribution in [-0.4, -0.2) is 41.9 Å². The first-order chi connectivity index (χ1) is 12.6. The Bertz CT molecular complexity index is 858. The fourth-order valence-electron chi connectivity index (χ4n) is 2.72. The lowest BCUT2D eigenvalue weighted by Crippen LogP contribution is -2.33. The number of nitrogens with zero attached hydrogens (tertiary/aromatic N) is 2. The lowest BCUT2D eigenvalue weighted by atomic mass is 10.0. The van der Waals surface area contributed by atoms with Gasteiger partial charge in [-0.2, -0.15) is 13.2 Å². The van der Waals surface area contributed by atoms with Gasteiger partial charge in [-0.25, -0.2) is 4.98 Å². The van der Waals surface area contributed by atoms with E-state index in [4.69, 9.17) is 5.11 Å². The van der Waals surface area contributed by atoms with Gasteiger partial charge in [0.1, 0.15) is 11.9 Å². The van der Waals surface area contributed by atoms with Gasteiger partial charge in [-0.3, -0.25) is 10.1 Å². The normalized spacial score (nSPS) is 19.9. The molecular formula is C18H18F3N3O2S. The van der Waals surface area contributed by atoms with E-state index in [-0.39, 0.29) is 16.9 Å². The van der Waals surface area contributed by atoms with E-state index >= 15 is 0 Å². The summed E-state index contributed by atoms with van der Waals surface area (Å²) in [6, 6.07) is 8.39. The second kappa shape index (κ2) is 7.40. The van der Waals surface area contributed by atoms with Gasteiger partial charge in [-0.05, 0) is 23.8 Å². The highest BCUT2D eigenvalue weighted by Gasteiger charge is 2.33. The summed E-state index contributed by atoms with van der Waals surface area (Å²) in [6.45, 7) is 0. The van der Waals surface area contributed by atoms with Crippen LogP contribution in [0.2, 0.25) is 0 Å². The number of anilines is 1. The van der Waals surface area contributed by atoms with Gasteiger partial charge in [0, 0.05) is 25.4 Å². The molecule has 5 nitrogen and oxygen atoms in total. The fraction of sp³-hybridized carbons (Fsp3) is 0.333. The predicted molar refractivity (Wildman–Crippen MR) is 98.8 cm³/mol. The minimum absolute atomic E-state index is 0.213. The molecular weight excluding hydrogens is 379 g/mol. The summed E-state index contributed by atoms with van der Waals surface area (Å²) >= 11 is 1.45. The third kappa shape index (κ3) is 4.36. The van der Waals surface area contributed by atoms with Crippen molar-refractivity contribution in [2.75, 3.05) is 24.7 Å². The molecule has 2 aromatic rings. The molecule has 144 valence electrons. The molecule has 0 aliphatic carbocycles. The monoisotopic (exact) mass is 397 g/mol. The van der Waals surface area contributed by atoms with Crippen molar-refractivity contribution in [3.63, 3.8) is 0 Å². The van der Waals surface area contributed by atoms with Crippen LogP contribution in [-0.2, 0) is 11.0 Å². The average molecular weight is 397 g/mol. The fourth-order valence-corrected chi connectivity index (χ4v) is 3.95. The standard InChI is InChI=1S/C18H18F3N3O2S/c1-24(2)15-8-12(18(19,20)21)7-13(22-15)10-4-3-5-11(6-10)16-23-14(9-27-16)17(25)26/h3-8,14,16,23H,9H2,1-2H3,(H,25,26)/t14-,16+/m1/s1.